The first-order valence-corrected chi connectivity index (χ1v) is 10.6. The number of rotatable bonds is 5. The van der Waals surface area contributed by atoms with E-state index < -0.39 is 0 Å². The molecule has 0 saturated heterocycles. The molecule has 1 amide bonds. The zero-order chi connectivity index (χ0) is 21.9. The molecule has 0 aliphatic carbocycles. The van der Waals surface area contributed by atoms with Crippen LogP contribution in [0.1, 0.15) is 28.9 Å². The highest BCUT2D eigenvalue weighted by Gasteiger charge is 2.20. The maximum absolute atomic E-state index is 13.2. The molecular weight excluding hydrogens is 396 g/mol. The maximum atomic E-state index is 13.2. The molecule has 5 rings (SSSR count). The summed E-state index contributed by atoms with van der Waals surface area (Å²) in [5.74, 6) is -0.201. The van der Waals surface area contributed by atoms with E-state index in [1.807, 2.05) is 104 Å². The normalized spacial score (nSPS) is 11.9. The van der Waals surface area contributed by atoms with Crippen LogP contribution in [0.2, 0.25) is 0 Å². The van der Waals surface area contributed by atoms with E-state index in [-0.39, 0.29) is 11.9 Å². The number of nitrogens with zero attached hydrogens (tertiary/aromatic N) is 3. The lowest BCUT2D eigenvalue weighted by Crippen LogP contribution is -2.26. The van der Waals surface area contributed by atoms with E-state index in [1.54, 1.807) is 10.7 Å². The number of carbonyl (C=O) groups is 1. The van der Waals surface area contributed by atoms with Gasteiger partial charge in [0.2, 0.25) is 0 Å². The fraction of sp³-hybridized carbons (Fsp3) is 0.0741. The Morgan fingerprint density at radius 2 is 1.44 bits per heavy atom. The van der Waals surface area contributed by atoms with Gasteiger partial charge in [-0.15, -0.1) is 0 Å². The molecule has 156 valence electrons. The van der Waals surface area contributed by atoms with E-state index in [2.05, 4.69) is 10.4 Å². The molecule has 5 aromatic rings. The van der Waals surface area contributed by atoms with Gasteiger partial charge in [0.05, 0.1) is 23.6 Å². The van der Waals surface area contributed by atoms with Crippen molar-refractivity contribution in [3.8, 4) is 22.5 Å². The van der Waals surface area contributed by atoms with Crippen LogP contribution in [0.3, 0.4) is 0 Å². The van der Waals surface area contributed by atoms with Crippen molar-refractivity contribution in [1.29, 1.82) is 0 Å². The Labute approximate surface area is 186 Å². The molecule has 3 aromatic carbocycles. The summed E-state index contributed by atoms with van der Waals surface area (Å²) in [6.45, 7) is 1.97. The summed E-state index contributed by atoms with van der Waals surface area (Å²) < 4.78 is 1.74. The minimum atomic E-state index is -0.201. The van der Waals surface area contributed by atoms with E-state index in [0.717, 1.165) is 28.1 Å². The zero-order valence-corrected chi connectivity index (χ0v) is 17.6. The van der Waals surface area contributed by atoms with Gasteiger partial charge in [0, 0.05) is 11.1 Å². The highest BCUT2D eigenvalue weighted by molar-refractivity contribution is 6.00. The van der Waals surface area contributed by atoms with Crippen LogP contribution in [-0.2, 0) is 0 Å². The Kier molecular flexibility index (Phi) is 5.22. The summed E-state index contributed by atoms with van der Waals surface area (Å²) in [5, 5.41) is 7.60. The summed E-state index contributed by atoms with van der Waals surface area (Å²) in [6.07, 6.45) is 1.59. The molecule has 0 spiro atoms. The fourth-order valence-corrected chi connectivity index (χ4v) is 3.79. The summed E-state index contributed by atoms with van der Waals surface area (Å²) in [4.78, 5) is 18.0. The van der Waals surface area contributed by atoms with Gasteiger partial charge in [-0.2, -0.15) is 5.10 Å². The predicted octanol–water partition coefficient (Wildman–Crippen LogP) is 5.55. The van der Waals surface area contributed by atoms with Gasteiger partial charge in [0.15, 0.2) is 5.65 Å². The number of hydrogen-bond donors (Lipinski definition) is 1. The van der Waals surface area contributed by atoms with Gasteiger partial charge >= 0.3 is 0 Å². The Hall–Kier alpha value is -4.25. The van der Waals surface area contributed by atoms with Crippen molar-refractivity contribution in [3.05, 3.63) is 114 Å². The Balaban J connectivity index is 1.61. The Morgan fingerprint density at radius 3 is 2.09 bits per heavy atom. The molecule has 0 radical (unpaired) electrons. The standard InChI is InChI=1S/C27H22N4O/c1-19(20-11-5-2-6-12-20)29-27(32)23-18-28-31-25(22-15-9-4-10-16-22)17-24(30-26(23)31)21-13-7-3-8-14-21/h2-19H,1H3,(H,29,32). The third-order valence-corrected chi connectivity index (χ3v) is 5.50. The average molecular weight is 419 g/mol. The van der Waals surface area contributed by atoms with Gasteiger partial charge in [0.1, 0.15) is 5.56 Å². The van der Waals surface area contributed by atoms with Crippen LogP contribution in [0, 0.1) is 0 Å². The minimum absolute atomic E-state index is 0.135. The van der Waals surface area contributed by atoms with Crippen molar-refractivity contribution in [1.82, 2.24) is 19.9 Å². The molecule has 1 N–H and O–H groups in total. The molecule has 0 fully saturated rings. The van der Waals surface area contributed by atoms with E-state index >= 15 is 0 Å². The van der Waals surface area contributed by atoms with Crippen LogP contribution in [-0.4, -0.2) is 20.5 Å². The zero-order valence-electron chi connectivity index (χ0n) is 17.6. The topological polar surface area (TPSA) is 59.3 Å². The second-order valence-electron chi connectivity index (χ2n) is 7.66. The molecule has 1 atom stereocenters. The van der Waals surface area contributed by atoms with Crippen LogP contribution in [0.5, 0.6) is 0 Å². The van der Waals surface area contributed by atoms with Crippen LogP contribution in [0.25, 0.3) is 28.2 Å². The summed E-state index contributed by atoms with van der Waals surface area (Å²) in [7, 11) is 0. The maximum Gasteiger partial charge on any atom is 0.257 e. The molecule has 0 aliphatic heterocycles. The van der Waals surface area contributed by atoms with Crippen LogP contribution < -0.4 is 5.32 Å². The number of carbonyl (C=O) groups excluding carboxylic acids is 1. The quantitative estimate of drug-likeness (QED) is 0.407. The van der Waals surface area contributed by atoms with Crippen molar-refractivity contribution in [2.45, 2.75) is 13.0 Å². The second kappa shape index (κ2) is 8.47. The number of amides is 1. The lowest BCUT2D eigenvalue weighted by molar-refractivity contribution is 0.0941. The average Bonchev–Trinajstić information content (AvgIpc) is 3.29. The van der Waals surface area contributed by atoms with Gasteiger partial charge < -0.3 is 5.32 Å². The predicted molar refractivity (Wildman–Crippen MR) is 126 cm³/mol. The Morgan fingerprint density at radius 1 is 0.844 bits per heavy atom. The van der Waals surface area contributed by atoms with Gasteiger partial charge in [-0.25, -0.2) is 9.50 Å². The second-order valence-corrected chi connectivity index (χ2v) is 7.66. The summed E-state index contributed by atoms with van der Waals surface area (Å²) in [5.41, 5.74) is 5.68. The molecule has 0 aliphatic rings. The molecule has 5 heteroatoms. The van der Waals surface area contributed by atoms with E-state index in [9.17, 15) is 4.79 Å². The molecular formula is C27H22N4O. The van der Waals surface area contributed by atoms with Crippen molar-refractivity contribution in [3.63, 3.8) is 0 Å². The highest BCUT2D eigenvalue weighted by atomic mass is 16.1. The monoisotopic (exact) mass is 418 g/mol. The number of hydrogen-bond acceptors (Lipinski definition) is 3. The van der Waals surface area contributed by atoms with E-state index in [1.165, 1.54) is 0 Å². The third-order valence-electron chi connectivity index (χ3n) is 5.50. The molecule has 0 saturated carbocycles. The minimum Gasteiger partial charge on any atom is -0.345 e. The summed E-state index contributed by atoms with van der Waals surface area (Å²) in [6, 6.07) is 31.8. The number of nitrogens with one attached hydrogen (secondary N) is 1. The van der Waals surface area contributed by atoms with Crippen molar-refractivity contribution in [2.75, 3.05) is 0 Å². The molecule has 32 heavy (non-hydrogen) atoms. The molecule has 0 bridgehead atoms. The first-order valence-electron chi connectivity index (χ1n) is 10.6. The van der Waals surface area contributed by atoms with Crippen LogP contribution in [0.4, 0.5) is 0 Å². The van der Waals surface area contributed by atoms with Gasteiger partial charge in [-0.1, -0.05) is 91.0 Å². The van der Waals surface area contributed by atoms with Crippen LogP contribution >= 0.6 is 0 Å². The van der Waals surface area contributed by atoms with Crippen molar-refractivity contribution in [2.24, 2.45) is 0 Å². The van der Waals surface area contributed by atoms with Gasteiger partial charge in [-0.3, -0.25) is 4.79 Å². The Bertz CT molecular complexity index is 1360. The molecule has 2 aromatic heterocycles. The van der Waals surface area contributed by atoms with E-state index in [4.69, 9.17) is 4.98 Å². The third kappa shape index (κ3) is 3.76. The van der Waals surface area contributed by atoms with E-state index in [0.29, 0.717) is 11.2 Å². The first kappa shape index (κ1) is 19.7. The molecule has 1 unspecified atom stereocenters. The van der Waals surface area contributed by atoms with Crippen molar-refractivity contribution < 1.29 is 4.79 Å². The smallest absolute Gasteiger partial charge is 0.257 e. The first-order chi connectivity index (χ1) is 15.7. The number of benzene rings is 3. The fourth-order valence-electron chi connectivity index (χ4n) is 3.79. The SMILES string of the molecule is CC(NC(=O)c1cnn2c(-c3ccccc3)cc(-c3ccccc3)nc12)c1ccccc1. The molecule has 2 heterocycles. The van der Waals surface area contributed by atoms with Crippen molar-refractivity contribution >= 4 is 11.6 Å². The number of fused-ring (bicyclic) bond motifs is 1. The summed E-state index contributed by atoms with van der Waals surface area (Å²) >= 11 is 0. The lowest BCUT2D eigenvalue weighted by Gasteiger charge is -2.14. The lowest BCUT2D eigenvalue weighted by atomic mass is 10.1. The van der Waals surface area contributed by atoms with Gasteiger partial charge in [0.25, 0.3) is 5.91 Å². The van der Waals surface area contributed by atoms with Crippen LogP contribution in [0.15, 0.2) is 103 Å². The largest absolute Gasteiger partial charge is 0.345 e. The van der Waals surface area contributed by atoms with Gasteiger partial charge in [-0.05, 0) is 18.6 Å². The highest BCUT2D eigenvalue weighted by Crippen LogP contribution is 2.27. The molecule has 5 nitrogen and oxygen atoms in total. The number of aromatic nitrogens is 3.